The number of hydrogen-bond acceptors (Lipinski definition) is 3. The molecule has 1 aromatic rings. The number of allylic oxidation sites excluding steroid dienone is 1. The average Bonchev–Trinajstić information content (AvgIpc) is 2.37. The number of ether oxygens (including phenoxy) is 1. The van der Waals surface area contributed by atoms with Gasteiger partial charge in [0.05, 0.1) is 17.7 Å². The largest absolute Gasteiger partial charge is 0.459 e. The Balaban J connectivity index is 2.40. The highest BCUT2D eigenvalue weighted by molar-refractivity contribution is 7.80. The number of halogens is 1. The predicted octanol–water partition coefficient (Wildman–Crippen LogP) is 3.08. The molecule has 1 aliphatic heterocycles. The van der Waals surface area contributed by atoms with Crippen LogP contribution in [0.15, 0.2) is 35.5 Å². The van der Waals surface area contributed by atoms with Crippen molar-refractivity contribution in [2.45, 2.75) is 32.9 Å². The van der Waals surface area contributed by atoms with E-state index in [4.69, 9.17) is 28.6 Å². The van der Waals surface area contributed by atoms with E-state index in [1.165, 1.54) is 0 Å². The summed E-state index contributed by atoms with van der Waals surface area (Å²) in [7, 11) is 0. The number of benzene rings is 1. The number of esters is 1. The number of rotatable bonds is 3. The molecule has 0 bridgehead atoms. The van der Waals surface area contributed by atoms with Crippen LogP contribution >= 0.6 is 23.8 Å². The van der Waals surface area contributed by atoms with E-state index in [0.29, 0.717) is 21.4 Å². The molecule has 112 valence electrons. The summed E-state index contributed by atoms with van der Waals surface area (Å²) in [5, 5.41) is 7.19. The Labute approximate surface area is 134 Å². The van der Waals surface area contributed by atoms with E-state index in [0.717, 1.165) is 5.56 Å². The third-order valence-corrected chi connectivity index (χ3v) is 3.51. The Morgan fingerprint density at radius 1 is 1.33 bits per heavy atom. The van der Waals surface area contributed by atoms with Crippen molar-refractivity contribution in [1.82, 2.24) is 10.6 Å². The maximum Gasteiger partial charge on any atom is 0.338 e. The molecular formula is C15H17ClN2O2S. The van der Waals surface area contributed by atoms with Gasteiger partial charge in [-0.3, -0.25) is 0 Å². The van der Waals surface area contributed by atoms with Gasteiger partial charge in [0.15, 0.2) is 5.11 Å². The van der Waals surface area contributed by atoms with Crippen LogP contribution in [0.1, 0.15) is 32.4 Å². The van der Waals surface area contributed by atoms with Crippen molar-refractivity contribution in [2.24, 2.45) is 0 Å². The molecule has 1 atom stereocenters. The molecule has 0 saturated heterocycles. The number of carbonyl (C=O) groups is 1. The zero-order chi connectivity index (χ0) is 15.6. The molecule has 0 fully saturated rings. The molecule has 1 heterocycles. The van der Waals surface area contributed by atoms with E-state index in [-0.39, 0.29) is 18.1 Å². The molecule has 1 aromatic carbocycles. The van der Waals surface area contributed by atoms with Gasteiger partial charge in [0.2, 0.25) is 0 Å². The minimum atomic E-state index is -0.357. The minimum Gasteiger partial charge on any atom is -0.459 e. The van der Waals surface area contributed by atoms with Crippen LogP contribution in [0.3, 0.4) is 0 Å². The van der Waals surface area contributed by atoms with Crippen molar-refractivity contribution in [2.75, 3.05) is 0 Å². The molecule has 6 heteroatoms. The fraction of sp³-hybridized carbons (Fsp3) is 0.333. The first-order valence-electron chi connectivity index (χ1n) is 6.63. The Morgan fingerprint density at radius 3 is 2.52 bits per heavy atom. The van der Waals surface area contributed by atoms with Crippen LogP contribution in [-0.2, 0) is 9.53 Å². The van der Waals surface area contributed by atoms with Gasteiger partial charge in [0, 0.05) is 10.7 Å². The lowest BCUT2D eigenvalue weighted by molar-refractivity contribution is -0.143. The van der Waals surface area contributed by atoms with E-state index >= 15 is 0 Å². The monoisotopic (exact) mass is 324 g/mol. The van der Waals surface area contributed by atoms with Crippen molar-refractivity contribution < 1.29 is 9.53 Å². The molecule has 0 spiro atoms. The summed E-state index contributed by atoms with van der Waals surface area (Å²) >= 11 is 11.1. The first-order chi connectivity index (χ1) is 9.88. The fourth-order valence-electron chi connectivity index (χ4n) is 2.15. The molecule has 21 heavy (non-hydrogen) atoms. The van der Waals surface area contributed by atoms with Crippen LogP contribution in [-0.4, -0.2) is 17.2 Å². The highest BCUT2D eigenvalue weighted by Crippen LogP contribution is 2.28. The lowest BCUT2D eigenvalue weighted by Gasteiger charge is -2.30. The molecule has 4 nitrogen and oxygen atoms in total. The molecule has 1 aliphatic rings. The summed E-state index contributed by atoms with van der Waals surface area (Å²) in [5.74, 6) is -0.357. The van der Waals surface area contributed by atoms with E-state index in [1.807, 2.05) is 32.9 Å². The van der Waals surface area contributed by atoms with Crippen molar-refractivity contribution in [3.8, 4) is 0 Å². The smallest absolute Gasteiger partial charge is 0.338 e. The van der Waals surface area contributed by atoms with E-state index in [9.17, 15) is 4.79 Å². The maximum atomic E-state index is 12.3. The fourth-order valence-corrected chi connectivity index (χ4v) is 2.54. The number of hydrogen-bond donors (Lipinski definition) is 2. The Bertz CT molecular complexity index is 596. The maximum absolute atomic E-state index is 12.3. The number of carbonyl (C=O) groups excluding carboxylic acids is 1. The topological polar surface area (TPSA) is 50.4 Å². The van der Waals surface area contributed by atoms with E-state index < -0.39 is 0 Å². The van der Waals surface area contributed by atoms with Crippen LogP contribution in [0.4, 0.5) is 0 Å². The highest BCUT2D eigenvalue weighted by Gasteiger charge is 2.31. The Hall–Kier alpha value is -1.59. The van der Waals surface area contributed by atoms with Crippen molar-refractivity contribution >= 4 is 34.9 Å². The van der Waals surface area contributed by atoms with Gasteiger partial charge in [-0.25, -0.2) is 4.79 Å². The second-order valence-electron chi connectivity index (χ2n) is 5.08. The van der Waals surface area contributed by atoms with Crippen molar-refractivity contribution in [1.29, 1.82) is 0 Å². The molecule has 2 N–H and O–H groups in total. The average molecular weight is 325 g/mol. The Morgan fingerprint density at radius 2 is 1.95 bits per heavy atom. The van der Waals surface area contributed by atoms with Gasteiger partial charge >= 0.3 is 5.97 Å². The zero-order valence-corrected chi connectivity index (χ0v) is 13.6. The third-order valence-electron chi connectivity index (χ3n) is 3.04. The Kier molecular flexibility index (Phi) is 4.85. The van der Waals surface area contributed by atoms with E-state index in [2.05, 4.69) is 10.6 Å². The molecule has 0 unspecified atom stereocenters. The molecule has 0 amide bonds. The quantitative estimate of drug-likeness (QED) is 0.661. The molecule has 0 aromatic heterocycles. The zero-order valence-electron chi connectivity index (χ0n) is 12.1. The summed E-state index contributed by atoms with van der Waals surface area (Å²) < 4.78 is 5.32. The summed E-state index contributed by atoms with van der Waals surface area (Å²) in [5.41, 5.74) is 2.13. The van der Waals surface area contributed by atoms with Gasteiger partial charge in [-0.05, 0) is 50.7 Å². The highest BCUT2D eigenvalue weighted by atomic mass is 35.5. The van der Waals surface area contributed by atoms with Gasteiger partial charge < -0.3 is 15.4 Å². The molecule has 2 rings (SSSR count). The summed E-state index contributed by atoms with van der Waals surface area (Å²) in [6.07, 6.45) is -0.183. The van der Waals surface area contributed by atoms with Crippen LogP contribution in [0.2, 0.25) is 5.02 Å². The number of nitrogens with one attached hydrogen (secondary N) is 2. The van der Waals surface area contributed by atoms with Crippen LogP contribution < -0.4 is 10.6 Å². The lowest BCUT2D eigenvalue weighted by atomic mass is 9.96. The van der Waals surface area contributed by atoms with Gasteiger partial charge in [-0.1, -0.05) is 23.7 Å². The van der Waals surface area contributed by atoms with Gasteiger partial charge in [0.1, 0.15) is 0 Å². The minimum absolute atomic E-state index is 0.183. The second-order valence-corrected chi connectivity index (χ2v) is 5.92. The second kappa shape index (κ2) is 6.45. The third kappa shape index (κ3) is 3.74. The summed E-state index contributed by atoms with van der Waals surface area (Å²) in [6.45, 7) is 5.45. The predicted molar refractivity (Wildman–Crippen MR) is 87.0 cm³/mol. The van der Waals surface area contributed by atoms with Crippen molar-refractivity contribution in [3.05, 3.63) is 46.1 Å². The van der Waals surface area contributed by atoms with Crippen LogP contribution in [0, 0.1) is 0 Å². The van der Waals surface area contributed by atoms with Crippen LogP contribution in [0.5, 0.6) is 0 Å². The van der Waals surface area contributed by atoms with Crippen molar-refractivity contribution in [3.63, 3.8) is 0 Å². The molecule has 0 saturated carbocycles. The summed E-state index contributed by atoms with van der Waals surface area (Å²) in [6, 6.07) is 6.95. The molecule has 0 aliphatic carbocycles. The molecule has 0 radical (unpaired) electrons. The molecular weight excluding hydrogens is 308 g/mol. The number of thiocarbonyl (C=S) groups is 1. The standard InChI is InChI=1S/C15H17ClN2O2S/c1-8(2)20-14(19)12-9(3)17-15(21)18-13(12)10-4-6-11(16)7-5-10/h4-8,13H,1-3H3,(H2,17,18,21)/t13-/m0/s1. The SMILES string of the molecule is CC1=C(C(=O)OC(C)C)[C@H](c2ccc(Cl)cc2)NC(=S)N1. The van der Waals surface area contributed by atoms with Crippen LogP contribution in [0.25, 0.3) is 0 Å². The van der Waals surface area contributed by atoms with E-state index in [1.54, 1.807) is 12.1 Å². The lowest BCUT2D eigenvalue weighted by Crippen LogP contribution is -2.45. The van der Waals surface area contributed by atoms with Gasteiger partial charge in [-0.2, -0.15) is 0 Å². The first-order valence-corrected chi connectivity index (χ1v) is 7.42. The summed E-state index contributed by atoms with van der Waals surface area (Å²) in [4.78, 5) is 12.3. The first kappa shape index (κ1) is 15.8. The van der Waals surface area contributed by atoms with Gasteiger partial charge in [0.25, 0.3) is 0 Å². The van der Waals surface area contributed by atoms with Gasteiger partial charge in [-0.15, -0.1) is 0 Å². The normalized spacial score (nSPS) is 18.3.